The molecule has 0 unspecified atom stereocenters. The van der Waals surface area contributed by atoms with Crippen LogP contribution in [0.5, 0.6) is 0 Å². The SMILES string of the molecule is Cc1ccc(CCOCCNC(C)C)cc1C. The van der Waals surface area contributed by atoms with Gasteiger partial charge in [0.2, 0.25) is 0 Å². The maximum Gasteiger partial charge on any atom is 0.0591 e. The molecule has 2 nitrogen and oxygen atoms in total. The van der Waals surface area contributed by atoms with Crippen LogP contribution in [0.2, 0.25) is 0 Å². The standard InChI is InChI=1S/C15H25NO/c1-12(2)16-8-10-17-9-7-15-6-5-13(3)14(4)11-15/h5-6,11-12,16H,7-10H2,1-4H3. The van der Waals surface area contributed by atoms with Crippen LogP contribution in [-0.4, -0.2) is 25.8 Å². The Kier molecular flexibility index (Phi) is 6.23. The molecule has 0 atom stereocenters. The Balaban J connectivity index is 2.16. The molecule has 0 spiro atoms. The molecule has 0 saturated heterocycles. The average molecular weight is 235 g/mol. The summed E-state index contributed by atoms with van der Waals surface area (Å²) in [5.41, 5.74) is 4.09. The molecule has 0 amide bonds. The van der Waals surface area contributed by atoms with E-state index < -0.39 is 0 Å². The zero-order chi connectivity index (χ0) is 12.7. The van der Waals surface area contributed by atoms with Crippen LogP contribution in [0.3, 0.4) is 0 Å². The molecule has 0 aliphatic heterocycles. The van der Waals surface area contributed by atoms with Crippen LogP contribution in [0.15, 0.2) is 18.2 Å². The van der Waals surface area contributed by atoms with Crippen molar-refractivity contribution < 1.29 is 4.74 Å². The molecule has 0 bridgehead atoms. The van der Waals surface area contributed by atoms with Crippen molar-refractivity contribution in [2.45, 2.75) is 40.2 Å². The number of benzene rings is 1. The van der Waals surface area contributed by atoms with Crippen molar-refractivity contribution in [3.8, 4) is 0 Å². The minimum Gasteiger partial charge on any atom is -0.380 e. The third-order valence-electron chi connectivity index (χ3n) is 2.91. The molecule has 1 rings (SSSR count). The van der Waals surface area contributed by atoms with Crippen molar-refractivity contribution in [1.29, 1.82) is 0 Å². The number of hydrogen-bond acceptors (Lipinski definition) is 2. The van der Waals surface area contributed by atoms with Gasteiger partial charge in [0.25, 0.3) is 0 Å². The van der Waals surface area contributed by atoms with Gasteiger partial charge in [-0.2, -0.15) is 0 Å². The van der Waals surface area contributed by atoms with Gasteiger partial charge in [0.1, 0.15) is 0 Å². The molecular weight excluding hydrogens is 210 g/mol. The van der Waals surface area contributed by atoms with Gasteiger partial charge in [-0.25, -0.2) is 0 Å². The van der Waals surface area contributed by atoms with Gasteiger partial charge in [-0.05, 0) is 37.0 Å². The van der Waals surface area contributed by atoms with Crippen molar-refractivity contribution in [2.75, 3.05) is 19.8 Å². The molecule has 0 aliphatic carbocycles. The molecule has 1 N–H and O–H groups in total. The van der Waals surface area contributed by atoms with Crippen LogP contribution < -0.4 is 5.32 Å². The highest BCUT2D eigenvalue weighted by molar-refractivity contribution is 5.29. The zero-order valence-corrected chi connectivity index (χ0v) is 11.5. The smallest absolute Gasteiger partial charge is 0.0591 e. The Morgan fingerprint density at radius 2 is 1.88 bits per heavy atom. The molecule has 0 aliphatic rings. The first-order valence-corrected chi connectivity index (χ1v) is 6.47. The Morgan fingerprint density at radius 1 is 1.12 bits per heavy atom. The first kappa shape index (κ1) is 14.2. The number of ether oxygens (including phenoxy) is 1. The maximum atomic E-state index is 5.60. The summed E-state index contributed by atoms with van der Waals surface area (Å²) in [6, 6.07) is 7.17. The van der Waals surface area contributed by atoms with Crippen LogP contribution in [0.4, 0.5) is 0 Å². The fourth-order valence-corrected chi connectivity index (χ4v) is 1.67. The number of aryl methyl sites for hydroxylation is 2. The molecule has 0 heterocycles. The number of rotatable bonds is 7. The molecule has 96 valence electrons. The van der Waals surface area contributed by atoms with Gasteiger partial charge in [0.15, 0.2) is 0 Å². The summed E-state index contributed by atoms with van der Waals surface area (Å²) < 4.78 is 5.60. The zero-order valence-electron chi connectivity index (χ0n) is 11.5. The van der Waals surface area contributed by atoms with Crippen LogP contribution in [-0.2, 0) is 11.2 Å². The second-order valence-electron chi connectivity index (χ2n) is 4.89. The Labute approximate surface area is 105 Å². The summed E-state index contributed by atoms with van der Waals surface area (Å²) in [6.45, 7) is 11.1. The third kappa shape index (κ3) is 5.85. The van der Waals surface area contributed by atoms with Crippen molar-refractivity contribution in [2.24, 2.45) is 0 Å². The van der Waals surface area contributed by atoms with E-state index in [2.05, 4.69) is 51.2 Å². The second-order valence-corrected chi connectivity index (χ2v) is 4.89. The van der Waals surface area contributed by atoms with Crippen LogP contribution in [0.25, 0.3) is 0 Å². The van der Waals surface area contributed by atoms with Gasteiger partial charge in [-0.3, -0.25) is 0 Å². The second kappa shape index (κ2) is 7.46. The molecule has 0 fully saturated rings. The Hall–Kier alpha value is -0.860. The fraction of sp³-hybridized carbons (Fsp3) is 0.600. The normalized spacial score (nSPS) is 11.1. The van der Waals surface area contributed by atoms with Crippen LogP contribution in [0.1, 0.15) is 30.5 Å². The summed E-state index contributed by atoms with van der Waals surface area (Å²) in [6.07, 6.45) is 1.00. The fourth-order valence-electron chi connectivity index (χ4n) is 1.67. The summed E-state index contributed by atoms with van der Waals surface area (Å²) in [7, 11) is 0. The quantitative estimate of drug-likeness (QED) is 0.734. The third-order valence-corrected chi connectivity index (χ3v) is 2.91. The lowest BCUT2D eigenvalue weighted by Gasteiger charge is -2.09. The molecule has 0 aromatic heterocycles. The first-order valence-electron chi connectivity index (χ1n) is 6.47. The van der Waals surface area contributed by atoms with E-state index >= 15 is 0 Å². The van der Waals surface area contributed by atoms with Gasteiger partial charge in [0.05, 0.1) is 13.2 Å². The maximum absolute atomic E-state index is 5.60. The summed E-state index contributed by atoms with van der Waals surface area (Å²) >= 11 is 0. The topological polar surface area (TPSA) is 21.3 Å². The average Bonchev–Trinajstić information content (AvgIpc) is 2.27. The molecule has 17 heavy (non-hydrogen) atoms. The highest BCUT2D eigenvalue weighted by Gasteiger charge is 1.97. The largest absolute Gasteiger partial charge is 0.380 e. The van der Waals surface area contributed by atoms with Crippen molar-refractivity contribution >= 4 is 0 Å². The van der Waals surface area contributed by atoms with E-state index in [4.69, 9.17) is 4.74 Å². The Morgan fingerprint density at radius 3 is 2.53 bits per heavy atom. The highest BCUT2D eigenvalue weighted by Crippen LogP contribution is 2.10. The minimum absolute atomic E-state index is 0.540. The highest BCUT2D eigenvalue weighted by atomic mass is 16.5. The molecular formula is C15H25NO. The minimum atomic E-state index is 0.540. The van der Waals surface area contributed by atoms with E-state index in [0.29, 0.717) is 6.04 Å². The molecule has 0 radical (unpaired) electrons. The van der Waals surface area contributed by atoms with Gasteiger partial charge in [-0.15, -0.1) is 0 Å². The van der Waals surface area contributed by atoms with Crippen molar-refractivity contribution in [3.63, 3.8) is 0 Å². The summed E-state index contributed by atoms with van der Waals surface area (Å²) in [5, 5.41) is 3.34. The van der Waals surface area contributed by atoms with Gasteiger partial charge in [0, 0.05) is 12.6 Å². The predicted octanol–water partition coefficient (Wildman–Crippen LogP) is 2.86. The van der Waals surface area contributed by atoms with E-state index in [1.807, 2.05) is 0 Å². The van der Waals surface area contributed by atoms with E-state index in [0.717, 1.165) is 26.2 Å². The van der Waals surface area contributed by atoms with Gasteiger partial charge >= 0.3 is 0 Å². The molecule has 1 aromatic rings. The van der Waals surface area contributed by atoms with Crippen molar-refractivity contribution in [1.82, 2.24) is 5.32 Å². The van der Waals surface area contributed by atoms with Gasteiger partial charge < -0.3 is 10.1 Å². The Bertz CT molecular complexity index is 334. The molecule has 2 heteroatoms. The molecule has 0 saturated carbocycles. The van der Waals surface area contributed by atoms with Gasteiger partial charge in [-0.1, -0.05) is 32.0 Å². The lowest BCUT2D eigenvalue weighted by atomic mass is 10.0. The lowest BCUT2D eigenvalue weighted by Crippen LogP contribution is -2.26. The lowest BCUT2D eigenvalue weighted by molar-refractivity contribution is 0.137. The van der Waals surface area contributed by atoms with E-state index in [-0.39, 0.29) is 0 Å². The number of nitrogens with one attached hydrogen (secondary N) is 1. The molecule has 1 aromatic carbocycles. The van der Waals surface area contributed by atoms with E-state index in [1.54, 1.807) is 0 Å². The monoisotopic (exact) mass is 235 g/mol. The summed E-state index contributed by atoms with van der Waals surface area (Å²) in [5.74, 6) is 0. The van der Waals surface area contributed by atoms with Crippen LogP contribution in [0, 0.1) is 13.8 Å². The van der Waals surface area contributed by atoms with Crippen molar-refractivity contribution in [3.05, 3.63) is 34.9 Å². The van der Waals surface area contributed by atoms with E-state index in [1.165, 1.54) is 16.7 Å². The first-order chi connectivity index (χ1) is 8.09. The summed E-state index contributed by atoms with van der Waals surface area (Å²) in [4.78, 5) is 0. The van der Waals surface area contributed by atoms with Crippen LogP contribution >= 0.6 is 0 Å². The number of hydrogen-bond donors (Lipinski definition) is 1. The van der Waals surface area contributed by atoms with E-state index in [9.17, 15) is 0 Å². The predicted molar refractivity (Wildman–Crippen MR) is 73.6 cm³/mol.